The standard InChI is InChI=1S/C11H12BrNOS/c1-2-3-6-14-8-4-5-9-10(7-8)15-11(12)13-9/h4-5,7H,2-3,6H2,1H3. The third kappa shape index (κ3) is 2.69. The Balaban J connectivity index is 2.15. The number of halogens is 1. The molecule has 0 saturated heterocycles. The zero-order valence-electron chi connectivity index (χ0n) is 8.50. The van der Waals surface area contributed by atoms with Gasteiger partial charge in [0.2, 0.25) is 0 Å². The maximum Gasteiger partial charge on any atom is 0.160 e. The van der Waals surface area contributed by atoms with Crippen molar-refractivity contribution >= 4 is 37.5 Å². The van der Waals surface area contributed by atoms with Gasteiger partial charge < -0.3 is 4.74 Å². The van der Waals surface area contributed by atoms with Gasteiger partial charge in [0.1, 0.15) is 5.75 Å². The van der Waals surface area contributed by atoms with Gasteiger partial charge in [-0.1, -0.05) is 13.3 Å². The predicted octanol–water partition coefficient (Wildman–Crippen LogP) is 4.24. The Morgan fingerprint density at radius 1 is 1.47 bits per heavy atom. The molecule has 1 aromatic heterocycles. The average molecular weight is 286 g/mol. The number of ether oxygens (including phenoxy) is 1. The maximum atomic E-state index is 5.63. The summed E-state index contributed by atoms with van der Waals surface area (Å²) in [6.45, 7) is 2.95. The second-order valence-electron chi connectivity index (χ2n) is 3.30. The van der Waals surface area contributed by atoms with E-state index in [2.05, 4.69) is 27.8 Å². The number of fused-ring (bicyclic) bond motifs is 1. The molecule has 0 bridgehead atoms. The minimum atomic E-state index is 0.794. The average Bonchev–Trinajstić information content (AvgIpc) is 2.57. The number of hydrogen-bond donors (Lipinski definition) is 0. The highest BCUT2D eigenvalue weighted by Gasteiger charge is 2.02. The second-order valence-corrected chi connectivity index (χ2v) is 5.61. The van der Waals surface area contributed by atoms with Crippen molar-refractivity contribution in [1.82, 2.24) is 4.98 Å². The van der Waals surface area contributed by atoms with E-state index in [0.717, 1.165) is 39.3 Å². The summed E-state index contributed by atoms with van der Waals surface area (Å²) in [4.78, 5) is 4.33. The fourth-order valence-corrected chi connectivity index (χ4v) is 2.73. The van der Waals surface area contributed by atoms with Crippen LogP contribution in [-0.4, -0.2) is 11.6 Å². The summed E-state index contributed by atoms with van der Waals surface area (Å²) in [6, 6.07) is 6.02. The smallest absolute Gasteiger partial charge is 0.160 e. The molecule has 0 fully saturated rings. The van der Waals surface area contributed by atoms with E-state index in [4.69, 9.17) is 4.74 Å². The Labute approximate surface area is 101 Å². The highest BCUT2D eigenvalue weighted by molar-refractivity contribution is 9.11. The molecular weight excluding hydrogens is 274 g/mol. The molecule has 0 spiro atoms. The maximum absolute atomic E-state index is 5.63. The minimum absolute atomic E-state index is 0.794. The summed E-state index contributed by atoms with van der Waals surface area (Å²) in [5.74, 6) is 0.937. The van der Waals surface area contributed by atoms with Crippen LogP contribution in [-0.2, 0) is 0 Å². The monoisotopic (exact) mass is 285 g/mol. The Morgan fingerprint density at radius 2 is 2.33 bits per heavy atom. The molecule has 0 unspecified atom stereocenters. The molecule has 4 heteroatoms. The Bertz CT molecular complexity index is 455. The number of nitrogens with zero attached hydrogens (tertiary/aromatic N) is 1. The van der Waals surface area contributed by atoms with Crippen molar-refractivity contribution in [2.24, 2.45) is 0 Å². The van der Waals surface area contributed by atoms with E-state index < -0.39 is 0 Å². The van der Waals surface area contributed by atoms with E-state index in [-0.39, 0.29) is 0 Å². The van der Waals surface area contributed by atoms with Crippen LogP contribution in [0.5, 0.6) is 5.75 Å². The van der Waals surface area contributed by atoms with Crippen molar-refractivity contribution in [3.63, 3.8) is 0 Å². The van der Waals surface area contributed by atoms with E-state index >= 15 is 0 Å². The summed E-state index contributed by atoms with van der Waals surface area (Å²) >= 11 is 5.01. The third-order valence-electron chi connectivity index (χ3n) is 2.10. The molecule has 2 aromatic rings. The number of unbranched alkanes of at least 4 members (excludes halogenated alkanes) is 1. The SMILES string of the molecule is CCCCOc1ccc2nc(Br)sc2c1. The van der Waals surface area contributed by atoms with Crippen LogP contribution in [0.25, 0.3) is 10.2 Å². The van der Waals surface area contributed by atoms with Crippen molar-refractivity contribution in [2.75, 3.05) is 6.61 Å². The first-order chi connectivity index (χ1) is 7.29. The molecule has 1 aromatic carbocycles. The van der Waals surface area contributed by atoms with Crippen LogP contribution >= 0.6 is 27.3 Å². The molecular formula is C11H12BrNOS. The lowest BCUT2D eigenvalue weighted by Crippen LogP contribution is -1.95. The fourth-order valence-electron chi connectivity index (χ4n) is 1.30. The molecule has 80 valence electrons. The van der Waals surface area contributed by atoms with Crippen LogP contribution < -0.4 is 4.74 Å². The van der Waals surface area contributed by atoms with Crippen LogP contribution in [0, 0.1) is 0 Å². The van der Waals surface area contributed by atoms with Crippen LogP contribution in [0.4, 0.5) is 0 Å². The molecule has 0 radical (unpaired) electrons. The van der Waals surface area contributed by atoms with Gasteiger partial charge in [-0.2, -0.15) is 0 Å². The number of rotatable bonds is 4. The first-order valence-corrected chi connectivity index (χ1v) is 6.59. The van der Waals surface area contributed by atoms with Crippen molar-refractivity contribution in [3.8, 4) is 5.75 Å². The molecule has 0 amide bonds. The van der Waals surface area contributed by atoms with E-state index in [1.54, 1.807) is 11.3 Å². The summed E-state index contributed by atoms with van der Waals surface area (Å²) in [5, 5.41) is 0. The van der Waals surface area contributed by atoms with Gasteiger partial charge in [0.25, 0.3) is 0 Å². The van der Waals surface area contributed by atoms with Gasteiger partial charge in [0, 0.05) is 0 Å². The number of aromatic nitrogens is 1. The minimum Gasteiger partial charge on any atom is -0.494 e. The van der Waals surface area contributed by atoms with Gasteiger partial charge in [0.05, 0.1) is 16.8 Å². The topological polar surface area (TPSA) is 22.1 Å². The molecule has 0 aliphatic rings. The Kier molecular flexibility index (Phi) is 3.59. The highest BCUT2D eigenvalue weighted by atomic mass is 79.9. The van der Waals surface area contributed by atoms with E-state index in [9.17, 15) is 0 Å². The lowest BCUT2D eigenvalue weighted by molar-refractivity contribution is 0.310. The molecule has 0 aliphatic carbocycles. The zero-order valence-corrected chi connectivity index (χ0v) is 10.9. The summed E-state index contributed by atoms with van der Waals surface area (Å²) in [6.07, 6.45) is 2.26. The lowest BCUT2D eigenvalue weighted by atomic mass is 10.3. The summed E-state index contributed by atoms with van der Waals surface area (Å²) in [5.41, 5.74) is 1.02. The first-order valence-electron chi connectivity index (χ1n) is 4.98. The van der Waals surface area contributed by atoms with Crippen molar-refractivity contribution in [1.29, 1.82) is 0 Å². The highest BCUT2D eigenvalue weighted by Crippen LogP contribution is 2.29. The lowest BCUT2D eigenvalue weighted by Gasteiger charge is -2.04. The van der Waals surface area contributed by atoms with Gasteiger partial charge in [-0.25, -0.2) is 4.98 Å². The first kappa shape index (κ1) is 10.9. The number of thiazole rings is 1. The molecule has 2 nitrogen and oxygen atoms in total. The van der Waals surface area contributed by atoms with E-state index in [1.807, 2.05) is 18.2 Å². The second kappa shape index (κ2) is 4.94. The summed E-state index contributed by atoms with van der Waals surface area (Å²) < 4.78 is 7.71. The molecule has 0 aliphatic heterocycles. The summed E-state index contributed by atoms with van der Waals surface area (Å²) in [7, 11) is 0. The molecule has 15 heavy (non-hydrogen) atoms. The van der Waals surface area contributed by atoms with E-state index in [0.29, 0.717) is 0 Å². The molecule has 0 saturated carbocycles. The number of hydrogen-bond acceptors (Lipinski definition) is 3. The van der Waals surface area contributed by atoms with Crippen LogP contribution in [0.1, 0.15) is 19.8 Å². The normalized spacial score (nSPS) is 10.8. The van der Waals surface area contributed by atoms with Crippen molar-refractivity contribution < 1.29 is 4.74 Å². The van der Waals surface area contributed by atoms with Crippen LogP contribution in [0.2, 0.25) is 0 Å². The molecule has 0 atom stereocenters. The Hall–Kier alpha value is -0.610. The number of benzene rings is 1. The predicted molar refractivity (Wildman–Crippen MR) is 67.7 cm³/mol. The van der Waals surface area contributed by atoms with Crippen LogP contribution in [0.3, 0.4) is 0 Å². The van der Waals surface area contributed by atoms with Crippen molar-refractivity contribution in [2.45, 2.75) is 19.8 Å². The van der Waals surface area contributed by atoms with Gasteiger partial charge in [-0.05, 0) is 40.5 Å². The zero-order chi connectivity index (χ0) is 10.7. The molecule has 1 heterocycles. The Morgan fingerprint density at radius 3 is 3.13 bits per heavy atom. The van der Waals surface area contributed by atoms with Gasteiger partial charge in [-0.3, -0.25) is 0 Å². The fraction of sp³-hybridized carbons (Fsp3) is 0.364. The third-order valence-corrected chi connectivity index (χ3v) is 3.57. The van der Waals surface area contributed by atoms with Crippen molar-refractivity contribution in [3.05, 3.63) is 22.1 Å². The van der Waals surface area contributed by atoms with Gasteiger partial charge in [0.15, 0.2) is 3.92 Å². The van der Waals surface area contributed by atoms with Gasteiger partial charge >= 0.3 is 0 Å². The van der Waals surface area contributed by atoms with Gasteiger partial charge in [-0.15, -0.1) is 11.3 Å². The molecule has 0 N–H and O–H groups in total. The largest absolute Gasteiger partial charge is 0.494 e. The van der Waals surface area contributed by atoms with Crippen LogP contribution in [0.15, 0.2) is 22.1 Å². The quantitative estimate of drug-likeness (QED) is 0.784. The molecule has 2 rings (SSSR count). The van der Waals surface area contributed by atoms with E-state index in [1.165, 1.54) is 0 Å².